The highest BCUT2D eigenvalue weighted by Gasteiger charge is 2.41. The SMILES string of the molecule is O=C(CC1(C(=O)O)CCCCC1)Nc1cc(Br)cnc1Cl. The minimum atomic E-state index is -0.950. The lowest BCUT2D eigenvalue weighted by molar-refractivity contribution is -0.153. The van der Waals surface area contributed by atoms with Gasteiger partial charge in [0.1, 0.15) is 0 Å². The second-order valence-corrected chi connectivity index (χ2v) is 6.64. The van der Waals surface area contributed by atoms with Crippen molar-refractivity contribution in [3.8, 4) is 0 Å². The molecule has 0 aromatic carbocycles. The summed E-state index contributed by atoms with van der Waals surface area (Å²) in [4.78, 5) is 27.7. The first-order valence-electron chi connectivity index (χ1n) is 6.77. The van der Waals surface area contributed by atoms with Crippen LogP contribution in [0.15, 0.2) is 16.7 Å². The maximum absolute atomic E-state index is 12.2. The zero-order valence-electron chi connectivity index (χ0n) is 11.4. The molecule has 0 bridgehead atoms. The van der Waals surface area contributed by atoms with Gasteiger partial charge in [-0.15, -0.1) is 0 Å². The highest BCUT2D eigenvalue weighted by molar-refractivity contribution is 9.10. The molecular formula is C14H16BrClN2O3. The molecule has 1 heterocycles. The Labute approximate surface area is 136 Å². The third-order valence-electron chi connectivity index (χ3n) is 3.84. The molecule has 1 saturated carbocycles. The van der Waals surface area contributed by atoms with Crippen LogP contribution in [0.25, 0.3) is 0 Å². The first kappa shape index (κ1) is 16.2. The second-order valence-electron chi connectivity index (χ2n) is 5.36. The molecular weight excluding hydrogens is 360 g/mol. The van der Waals surface area contributed by atoms with Crippen molar-refractivity contribution in [1.82, 2.24) is 4.98 Å². The Hall–Kier alpha value is -1.14. The van der Waals surface area contributed by atoms with Crippen LogP contribution < -0.4 is 5.32 Å². The van der Waals surface area contributed by atoms with E-state index in [1.54, 1.807) is 6.07 Å². The molecule has 7 heteroatoms. The zero-order valence-corrected chi connectivity index (χ0v) is 13.7. The molecule has 0 aliphatic heterocycles. The molecule has 114 valence electrons. The van der Waals surface area contributed by atoms with Crippen molar-refractivity contribution in [2.45, 2.75) is 38.5 Å². The van der Waals surface area contributed by atoms with E-state index in [-0.39, 0.29) is 17.5 Å². The lowest BCUT2D eigenvalue weighted by Gasteiger charge is -2.32. The van der Waals surface area contributed by atoms with Crippen LogP contribution in [0, 0.1) is 5.41 Å². The topological polar surface area (TPSA) is 79.3 Å². The van der Waals surface area contributed by atoms with Crippen LogP contribution in [0.3, 0.4) is 0 Å². The number of carboxylic acids is 1. The molecule has 1 aromatic heterocycles. The lowest BCUT2D eigenvalue weighted by atomic mass is 9.71. The average Bonchev–Trinajstić information content (AvgIpc) is 2.43. The van der Waals surface area contributed by atoms with Gasteiger partial charge in [0.2, 0.25) is 5.91 Å². The minimum Gasteiger partial charge on any atom is -0.481 e. The number of aromatic nitrogens is 1. The number of hydrogen-bond donors (Lipinski definition) is 2. The third-order valence-corrected chi connectivity index (χ3v) is 4.58. The quantitative estimate of drug-likeness (QED) is 0.783. The van der Waals surface area contributed by atoms with Crippen LogP contribution in [0.2, 0.25) is 5.15 Å². The Morgan fingerprint density at radius 3 is 2.67 bits per heavy atom. The summed E-state index contributed by atoms with van der Waals surface area (Å²) in [5.41, 5.74) is -0.568. The smallest absolute Gasteiger partial charge is 0.310 e. The highest BCUT2D eigenvalue weighted by Crippen LogP contribution is 2.40. The number of nitrogens with zero attached hydrogens (tertiary/aromatic N) is 1. The number of halogens is 2. The fourth-order valence-corrected chi connectivity index (χ4v) is 3.19. The van der Waals surface area contributed by atoms with Crippen LogP contribution in [-0.2, 0) is 9.59 Å². The summed E-state index contributed by atoms with van der Waals surface area (Å²) in [6, 6.07) is 1.64. The Bertz CT molecular complexity index is 559. The summed E-state index contributed by atoms with van der Waals surface area (Å²) < 4.78 is 0.688. The van der Waals surface area contributed by atoms with E-state index < -0.39 is 11.4 Å². The molecule has 0 atom stereocenters. The molecule has 0 spiro atoms. The summed E-state index contributed by atoms with van der Waals surface area (Å²) in [6.07, 6.45) is 5.29. The lowest BCUT2D eigenvalue weighted by Crippen LogP contribution is -2.37. The van der Waals surface area contributed by atoms with Gasteiger partial charge in [-0.1, -0.05) is 30.9 Å². The molecule has 1 fully saturated rings. The van der Waals surface area contributed by atoms with Crippen molar-refractivity contribution in [2.75, 3.05) is 5.32 Å². The van der Waals surface area contributed by atoms with Crippen molar-refractivity contribution in [3.05, 3.63) is 21.9 Å². The molecule has 1 aromatic rings. The molecule has 2 rings (SSSR count). The summed E-state index contributed by atoms with van der Waals surface area (Å²) in [6.45, 7) is 0. The Balaban J connectivity index is 2.09. The highest BCUT2D eigenvalue weighted by atomic mass is 79.9. The molecule has 2 N–H and O–H groups in total. The number of pyridine rings is 1. The van der Waals surface area contributed by atoms with Crippen molar-refractivity contribution in [1.29, 1.82) is 0 Å². The molecule has 1 aliphatic carbocycles. The number of aliphatic carboxylic acids is 1. The number of rotatable bonds is 4. The number of anilines is 1. The minimum absolute atomic E-state index is 0.0365. The Morgan fingerprint density at radius 2 is 2.05 bits per heavy atom. The van der Waals surface area contributed by atoms with Gasteiger partial charge in [-0.2, -0.15) is 0 Å². The van der Waals surface area contributed by atoms with Crippen molar-refractivity contribution in [3.63, 3.8) is 0 Å². The van der Waals surface area contributed by atoms with Gasteiger partial charge in [-0.3, -0.25) is 9.59 Å². The number of carbonyl (C=O) groups is 2. The van der Waals surface area contributed by atoms with E-state index in [2.05, 4.69) is 26.2 Å². The molecule has 0 unspecified atom stereocenters. The molecule has 1 amide bonds. The largest absolute Gasteiger partial charge is 0.481 e. The first-order valence-corrected chi connectivity index (χ1v) is 7.94. The van der Waals surface area contributed by atoms with Gasteiger partial charge < -0.3 is 10.4 Å². The van der Waals surface area contributed by atoms with Crippen molar-refractivity contribution in [2.24, 2.45) is 5.41 Å². The van der Waals surface area contributed by atoms with Crippen molar-refractivity contribution < 1.29 is 14.7 Å². The van der Waals surface area contributed by atoms with Gasteiger partial charge >= 0.3 is 5.97 Å². The third kappa shape index (κ3) is 3.95. The van der Waals surface area contributed by atoms with Crippen molar-refractivity contribution >= 4 is 45.1 Å². The van der Waals surface area contributed by atoms with Crippen LogP contribution in [0.1, 0.15) is 38.5 Å². The van der Waals surface area contributed by atoms with Gasteiger partial charge in [-0.05, 0) is 34.8 Å². The van der Waals surface area contributed by atoms with Crippen LogP contribution in [0.4, 0.5) is 5.69 Å². The van der Waals surface area contributed by atoms with E-state index in [0.29, 0.717) is 23.0 Å². The van der Waals surface area contributed by atoms with Crippen LogP contribution >= 0.6 is 27.5 Å². The maximum Gasteiger partial charge on any atom is 0.310 e. The molecule has 5 nitrogen and oxygen atoms in total. The second kappa shape index (κ2) is 6.75. The van der Waals surface area contributed by atoms with E-state index >= 15 is 0 Å². The van der Waals surface area contributed by atoms with E-state index in [9.17, 15) is 14.7 Å². The zero-order chi connectivity index (χ0) is 15.5. The first-order chi connectivity index (χ1) is 9.93. The number of hydrogen-bond acceptors (Lipinski definition) is 3. The normalized spacial score (nSPS) is 17.2. The number of amides is 1. The summed E-state index contributed by atoms with van der Waals surface area (Å²) in [5, 5.41) is 12.3. The van der Waals surface area contributed by atoms with Gasteiger partial charge in [0.15, 0.2) is 5.15 Å². The number of nitrogens with one attached hydrogen (secondary N) is 1. The molecule has 0 radical (unpaired) electrons. The van der Waals surface area contributed by atoms with Crippen LogP contribution in [0.5, 0.6) is 0 Å². The van der Waals surface area contributed by atoms with Gasteiger partial charge in [0.25, 0.3) is 0 Å². The average molecular weight is 376 g/mol. The van der Waals surface area contributed by atoms with Gasteiger partial charge in [-0.25, -0.2) is 4.98 Å². The molecule has 1 aliphatic rings. The fourth-order valence-electron chi connectivity index (χ4n) is 2.71. The maximum atomic E-state index is 12.2. The van der Waals surface area contributed by atoms with E-state index in [0.717, 1.165) is 19.3 Å². The van der Waals surface area contributed by atoms with Crippen LogP contribution in [-0.4, -0.2) is 22.0 Å². The predicted molar refractivity (Wildman–Crippen MR) is 83.3 cm³/mol. The van der Waals surface area contributed by atoms with E-state index in [1.807, 2.05) is 0 Å². The molecule has 0 saturated heterocycles. The summed E-state index contributed by atoms with van der Waals surface area (Å²) in [7, 11) is 0. The summed E-state index contributed by atoms with van der Waals surface area (Å²) >= 11 is 9.17. The monoisotopic (exact) mass is 374 g/mol. The Morgan fingerprint density at radius 1 is 1.38 bits per heavy atom. The molecule has 21 heavy (non-hydrogen) atoms. The summed E-state index contributed by atoms with van der Waals surface area (Å²) in [5.74, 6) is -1.24. The standard InChI is InChI=1S/C14H16BrClN2O3/c15-9-6-10(12(16)17-8-9)18-11(19)7-14(13(20)21)4-2-1-3-5-14/h6,8H,1-5,7H2,(H,18,19)(H,20,21). The number of carbonyl (C=O) groups excluding carboxylic acids is 1. The van der Waals surface area contributed by atoms with Gasteiger partial charge in [0.05, 0.1) is 11.1 Å². The van der Waals surface area contributed by atoms with E-state index in [4.69, 9.17) is 11.6 Å². The predicted octanol–water partition coefficient (Wildman–Crippen LogP) is 3.86. The fraction of sp³-hybridized carbons (Fsp3) is 0.500. The Kier molecular flexibility index (Phi) is 5.22. The van der Waals surface area contributed by atoms with E-state index in [1.165, 1.54) is 6.20 Å². The van der Waals surface area contributed by atoms with Gasteiger partial charge in [0, 0.05) is 17.1 Å². The number of carboxylic acid groups (broad SMARTS) is 1.